The van der Waals surface area contributed by atoms with Crippen LogP contribution in [0.15, 0.2) is 0 Å². The first-order valence-corrected chi connectivity index (χ1v) is 7.08. The molecular weight excluding hydrogens is 264 g/mol. The average Bonchev–Trinajstić information content (AvgIpc) is 2.43. The number of piperidine rings is 1. The molecule has 2 amide bonds. The highest BCUT2D eigenvalue weighted by atomic mass is 32.1. The predicted octanol–water partition coefficient (Wildman–Crippen LogP) is -0.915. The van der Waals surface area contributed by atoms with E-state index in [1.807, 2.05) is 0 Å². The number of nitrogens with zero attached hydrogens (tertiary/aromatic N) is 2. The Morgan fingerprint density at radius 3 is 2.79 bits per heavy atom. The molecule has 6 nitrogen and oxygen atoms in total. The number of nitrogens with two attached hydrogens (primary N) is 1. The number of piperazine rings is 1. The Bertz CT molecular complexity index is 388. The van der Waals surface area contributed by atoms with E-state index in [1.165, 1.54) is 12.8 Å². The molecule has 19 heavy (non-hydrogen) atoms. The molecule has 2 rings (SSSR count). The molecule has 1 atom stereocenters. The Kier molecular flexibility index (Phi) is 4.71. The van der Waals surface area contributed by atoms with Crippen molar-refractivity contribution in [2.24, 2.45) is 5.73 Å². The first-order valence-electron chi connectivity index (χ1n) is 6.67. The van der Waals surface area contributed by atoms with Crippen molar-refractivity contribution in [3.05, 3.63) is 0 Å². The van der Waals surface area contributed by atoms with E-state index in [9.17, 15) is 9.59 Å². The van der Waals surface area contributed by atoms with Crippen LogP contribution in [-0.4, -0.2) is 65.4 Å². The number of thiocarbonyl (C=S) groups is 1. The van der Waals surface area contributed by atoms with Crippen molar-refractivity contribution < 1.29 is 9.59 Å². The van der Waals surface area contributed by atoms with Crippen LogP contribution in [0.3, 0.4) is 0 Å². The van der Waals surface area contributed by atoms with Gasteiger partial charge in [0.1, 0.15) is 0 Å². The van der Waals surface area contributed by atoms with Crippen molar-refractivity contribution >= 4 is 29.0 Å². The fourth-order valence-electron chi connectivity index (χ4n) is 2.73. The van der Waals surface area contributed by atoms with Gasteiger partial charge in [-0.1, -0.05) is 18.6 Å². The van der Waals surface area contributed by atoms with Gasteiger partial charge < -0.3 is 16.0 Å². The van der Waals surface area contributed by atoms with Crippen LogP contribution in [0.4, 0.5) is 0 Å². The lowest BCUT2D eigenvalue weighted by Crippen LogP contribution is -2.58. The van der Waals surface area contributed by atoms with Crippen molar-refractivity contribution in [3.63, 3.8) is 0 Å². The summed E-state index contributed by atoms with van der Waals surface area (Å²) in [4.78, 5) is 27.9. The molecule has 0 spiro atoms. The highest BCUT2D eigenvalue weighted by Gasteiger charge is 2.33. The van der Waals surface area contributed by atoms with Gasteiger partial charge in [-0.15, -0.1) is 0 Å². The van der Waals surface area contributed by atoms with Gasteiger partial charge in [-0.3, -0.25) is 14.5 Å². The van der Waals surface area contributed by atoms with E-state index in [2.05, 4.69) is 22.4 Å². The third kappa shape index (κ3) is 3.63. The summed E-state index contributed by atoms with van der Waals surface area (Å²) in [6.07, 6.45) is 3.55. The molecule has 2 saturated heterocycles. The molecule has 0 radical (unpaired) electrons. The van der Waals surface area contributed by atoms with Gasteiger partial charge >= 0.3 is 11.8 Å². The topological polar surface area (TPSA) is 78.7 Å². The van der Waals surface area contributed by atoms with Gasteiger partial charge in [0.15, 0.2) is 0 Å². The zero-order chi connectivity index (χ0) is 13.8. The number of hydrogen-bond acceptors (Lipinski definition) is 4. The summed E-state index contributed by atoms with van der Waals surface area (Å²) >= 11 is 4.66. The minimum absolute atomic E-state index is 0.0727. The third-order valence-corrected chi connectivity index (χ3v) is 3.89. The Morgan fingerprint density at radius 2 is 2.05 bits per heavy atom. The van der Waals surface area contributed by atoms with Crippen molar-refractivity contribution in [3.8, 4) is 0 Å². The second-order valence-electron chi connectivity index (χ2n) is 5.09. The Labute approximate surface area is 118 Å². The summed E-state index contributed by atoms with van der Waals surface area (Å²) in [5.74, 6) is -1.08. The molecule has 3 N–H and O–H groups in total. The summed E-state index contributed by atoms with van der Waals surface area (Å²) in [6.45, 7) is 3.32. The molecule has 106 valence electrons. The second-order valence-corrected chi connectivity index (χ2v) is 5.61. The summed E-state index contributed by atoms with van der Waals surface area (Å²) in [5.41, 5.74) is 5.29. The molecule has 2 heterocycles. The molecule has 7 heteroatoms. The lowest BCUT2D eigenvalue weighted by atomic mass is 9.99. The second kappa shape index (κ2) is 6.29. The number of hydrogen-bond donors (Lipinski definition) is 2. The number of amides is 2. The fraction of sp³-hybridized carbons (Fsp3) is 0.750. The molecule has 1 unspecified atom stereocenters. The predicted molar refractivity (Wildman–Crippen MR) is 75.6 cm³/mol. The van der Waals surface area contributed by atoms with Gasteiger partial charge in [0.2, 0.25) is 0 Å². The monoisotopic (exact) mass is 284 g/mol. The van der Waals surface area contributed by atoms with Crippen LogP contribution < -0.4 is 11.1 Å². The number of carbonyl (C=O) groups is 2. The van der Waals surface area contributed by atoms with Gasteiger partial charge in [-0.05, 0) is 19.4 Å². The summed E-state index contributed by atoms with van der Waals surface area (Å²) < 4.78 is 0. The maximum Gasteiger partial charge on any atom is 0.311 e. The number of rotatable bonds is 2. The highest BCUT2D eigenvalue weighted by Crippen LogP contribution is 2.20. The van der Waals surface area contributed by atoms with Crippen molar-refractivity contribution in [2.75, 3.05) is 32.7 Å². The van der Waals surface area contributed by atoms with E-state index in [0.29, 0.717) is 19.1 Å². The molecule has 0 saturated carbocycles. The molecule has 0 aliphatic carbocycles. The van der Waals surface area contributed by atoms with Crippen LogP contribution in [0, 0.1) is 0 Å². The molecule has 0 aromatic carbocycles. The van der Waals surface area contributed by atoms with Crippen LogP contribution in [0.25, 0.3) is 0 Å². The molecule has 2 fully saturated rings. The van der Waals surface area contributed by atoms with E-state index >= 15 is 0 Å². The van der Waals surface area contributed by atoms with Crippen LogP contribution >= 0.6 is 12.2 Å². The van der Waals surface area contributed by atoms with Crippen molar-refractivity contribution in [1.82, 2.24) is 15.1 Å². The van der Waals surface area contributed by atoms with Crippen LogP contribution in [-0.2, 0) is 9.59 Å². The minimum atomic E-state index is -0.614. The normalized spacial score (nSPS) is 23.6. The van der Waals surface area contributed by atoms with E-state index in [1.54, 1.807) is 4.90 Å². The molecule has 0 aromatic heterocycles. The zero-order valence-electron chi connectivity index (χ0n) is 10.9. The van der Waals surface area contributed by atoms with E-state index in [4.69, 9.17) is 5.73 Å². The average molecular weight is 284 g/mol. The first-order chi connectivity index (χ1) is 9.08. The number of fused-ring (bicyclic) bond motifs is 1. The third-order valence-electron chi connectivity index (χ3n) is 3.74. The molecular formula is C12H20N4O2S. The Hall–Kier alpha value is -1.21. The first kappa shape index (κ1) is 14.2. The summed E-state index contributed by atoms with van der Waals surface area (Å²) in [6, 6.07) is 0.412. The Morgan fingerprint density at radius 1 is 1.26 bits per heavy atom. The lowest BCUT2D eigenvalue weighted by molar-refractivity contribution is -0.148. The van der Waals surface area contributed by atoms with Gasteiger partial charge in [0.25, 0.3) is 0 Å². The van der Waals surface area contributed by atoms with Gasteiger partial charge in [0.05, 0.1) is 11.5 Å². The minimum Gasteiger partial charge on any atom is -0.392 e. The van der Waals surface area contributed by atoms with Crippen LogP contribution in [0.2, 0.25) is 0 Å². The van der Waals surface area contributed by atoms with Crippen molar-refractivity contribution in [2.45, 2.75) is 25.3 Å². The van der Waals surface area contributed by atoms with Gasteiger partial charge in [-0.25, -0.2) is 0 Å². The number of nitrogens with one attached hydrogen (secondary N) is 1. The molecule has 0 aromatic rings. The summed E-state index contributed by atoms with van der Waals surface area (Å²) in [5, 5.41) is 2.44. The number of carbonyl (C=O) groups excluding carboxylic acids is 2. The largest absolute Gasteiger partial charge is 0.392 e. The van der Waals surface area contributed by atoms with Crippen molar-refractivity contribution in [1.29, 1.82) is 0 Å². The van der Waals surface area contributed by atoms with E-state index in [-0.39, 0.29) is 11.5 Å². The molecule has 2 aliphatic heterocycles. The van der Waals surface area contributed by atoms with Crippen LogP contribution in [0.5, 0.6) is 0 Å². The van der Waals surface area contributed by atoms with Gasteiger partial charge in [-0.2, -0.15) is 0 Å². The quantitative estimate of drug-likeness (QED) is 0.507. The van der Waals surface area contributed by atoms with E-state index < -0.39 is 11.8 Å². The smallest absolute Gasteiger partial charge is 0.311 e. The Balaban J connectivity index is 1.86. The fourth-order valence-corrected chi connectivity index (χ4v) is 2.80. The molecule has 0 bridgehead atoms. The zero-order valence-corrected chi connectivity index (χ0v) is 11.7. The maximum absolute atomic E-state index is 12.0. The highest BCUT2D eigenvalue weighted by molar-refractivity contribution is 7.80. The van der Waals surface area contributed by atoms with E-state index in [0.717, 1.165) is 19.5 Å². The lowest BCUT2D eigenvalue weighted by Gasteiger charge is -2.43. The summed E-state index contributed by atoms with van der Waals surface area (Å²) in [7, 11) is 0. The maximum atomic E-state index is 12.0. The van der Waals surface area contributed by atoms with Gasteiger partial charge in [0, 0.05) is 25.7 Å². The standard InChI is InChI=1S/C12H20N4O2S/c13-10(19)7-14-11(17)12(18)16-6-5-15-4-2-1-3-9(15)8-16/h9H,1-8H2,(H2,13,19)(H,14,17). The SMILES string of the molecule is NC(=S)CNC(=O)C(=O)N1CCN2CCCCC2C1. The molecule has 2 aliphatic rings. The van der Waals surface area contributed by atoms with Crippen LogP contribution in [0.1, 0.15) is 19.3 Å².